The number of hydrogen-bond donors (Lipinski definition) is 1. The zero-order valence-corrected chi connectivity index (χ0v) is 14.5. The summed E-state index contributed by atoms with van der Waals surface area (Å²) in [5, 5.41) is 9.07. The van der Waals surface area contributed by atoms with Crippen molar-refractivity contribution in [3.63, 3.8) is 0 Å². The third kappa shape index (κ3) is 5.39. The zero-order valence-electron chi connectivity index (χ0n) is 14.5. The van der Waals surface area contributed by atoms with E-state index in [9.17, 15) is 4.79 Å². The highest BCUT2D eigenvalue weighted by Crippen LogP contribution is 2.16. The predicted octanol–water partition coefficient (Wildman–Crippen LogP) is 3.70. The highest BCUT2D eigenvalue weighted by molar-refractivity contribution is 5.87. The number of hydrogen-bond acceptors (Lipinski definition) is 3. The summed E-state index contributed by atoms with van der Waals surface area (Å²) in [6, 6.07) is 15.3. The molecule has 2 aromatic carbocycles. The Kier molecular flexibility index (Phi) is 6.38. The number of rotatable bonds is 8. The number of methoxy groups -OCH3 is 1. The van der Waals surface area contributed by atoms with Gasteiger partial charge in [0.25, 0.3) is 0 Å². The van der Waals surface area contributed by atoms with Crippen molar-refractivity contribution in [3.8, 4) is 5.75 Å². The molecule has 0 bridgehead atoms. The van der Waals surface area contributed by atoms with Gasteiger partial charge in [-0.15, -0.1) is 0 Å². The van der Waals surface area contributed by atoms with Gasteiger partial charge in [-0.05, 0) is 54.8 Å². The monoisotopic (exact) mass is 327 g/mol. The molecule has 128 valence electrons. The second-order valence-corrected chi connectivity index (χ2v) is 6.36. The number of carboxylic acids is 1. The number of carboxylic acid groups (broad SMARTS) is 1. The maximum absolute atomic E-state index is 11.0. The summed E-state index contributed by atoms with van der Waals surface area (Å²) in [6.45, 7) is 3.92. The Hall–Kier alpha value is -2.33. The van der Waals surface area contributed by atoms with Gasteiger partial charge in [0.2, 0.25) is 0 Å². The van der Waals surface area contributed by atoms with Gasteiger partial charge >= 0.3 is 5.97 Å². The first-order valence-corrected chi connectivity index (χ1v) is 8.11. The summed E-state index contributed by atoms with van der Waals surface area (Å²) < 4.78 is 5.18. The SMILES string of the molecule is COc1ccc(CC(C)CN(C)Cc2cccc(C(=O)O)c2)cc1. The predicted molar refractivity (Wildman–Crippen MR) is 95.6 cm³/mol. The molecule has 0 amide bonds. The lowest BCUT2D eigenvalue weighted by Gasteiger charge is -2.21. The molecule has 0 spiro atoms. The molecule has 2 aromatic rings. The number of benzene rings is 2. The highest BCUT2D eigenvalue weighted by Gasteiger charge is 2.10. The van der Waals surface area contributed by atoms with Crippen LogP contribution in [0.3, 0.4) is 0 Å². The van der Waals surface area contributed by atoms with Gasteiger partial charge in [0.1, 0.15) is 5.75 Å². The van der Waals surface area contributed by atoms with Crippen molar-refractivity contribution in [1.82, 2.24) is 4.90 Å². The Morgan fingerprint density at radius 3 is 2.50 bits per heavy atom. The first-order chi connectivity index (χ1) is 11.5. The van der Waals surface area contributed by atoms with E-state index in [1.165, 1.54) is 5.56 Å². The van der Waals surface area contributed by atoms with Crippen LogP contribution in [0.2, 0.25) is 0 Å². The van der Waals surface area contributed by atoms with Gasteiger partial charge < -0.3 is 14.7 Å². The third-order valence-corrected chi connectivity index (χ3v) is 3.99. The molecular weight excluding hydrogens is 302 g/mol. The van der Waals surface area contributed by atoms with Crippen LogP contribution in [-0.2, 0) is 13.0 Å². The van der Waals surface area contributed by atoms with E-state index >= 15 is 0 Å². The maximum atomic E-state index is 11.0. The number of carbonyl (C=O) groups is 1. The summed E-state index contributed by atoms with van der Waals surface area (Å²) in [5.74, 6) is 0.500. The molecular formula is C20H25NO3. The molecule has 1 atom stereocenters. The van der Waals surface area contributed by atoms with Crippen LogP contribution < -0.4 is 4.74 Å². The van der Waals surface area contributed by atoms with Gasteiger partial charge in [-0.2, -0.15) is 0 Å². The molecule has 2 rings (SSSR count). The van der Waals surface area contributed by atoms with Crippen LogP contribution >= 0.6 is 0 Å². The molecule has 4 heteroatoms. The van der Waals surface area contributed by atoms with Gasteiger partial charge in [0.05, 0.1) is 12.7 Å². The van der Waals surface area contributed by atoms with E-state index in [-0.39, 0.29) is 0 Å². The third-order valence-electron chi connectivity index (χ3n) is 3.99. The molecule has 4 nitrogen and oxygen atoms in total. The van der Waals surface area contributed by atoms with Crippen LogP contribution in [0.4, 0.5) is 0 Å². The first kappa shape index (κ1) is 18.0. The van der Waals surface area contributed by atoms with Crippen molar-refractivity contribution in [2.45, 2.75) is 19.9 Å². The van der Waals surface area contributed by atoms with Gasteiger partial charge in [0, 0.05) is 13.1 Å². The number of ether oxygens (including phenoxy) is 1. The fourth-order valence-electron chi connectivity index (χ4n) is 2.94. The normalized spacial score (nSPS) is 12.2. The van der Waals surface area contributed by atoms with Crippen molar-refractivity contribution < 1.29 is 14.6 Å². The summed E-state index contributed by atoms with van der Waals surface area (Å²) in [6.07, 6.45) is 1.00. The Balaban J connectivity index is 1.87. The van der Waals surface area contributed by atoms with Gasteiger partial charge in [-0.25, -0.2) is 4.79 Å². The van der Waals surface area contributed by atoms with E-state index in [1.54, 1.807) is 25.3 Å². The molecule has 0 radical (unpaired) electrons. The average molecular weight is 327 g/mol. The second kappa shape index (κ2) is 8.50. The van der Waals surface area contributed by atoms with Crippen molar-refractivity contribution in [1.29, 1.82) is 0 Å². The van der Waals surface area contributed by atoms with Crippen molar-refractivity contribution in [2.24, 2.45) is 5.92 Å². The van der Waals surface area contributed by atoms with E-state index in [1.807, 2.05) is 18.2 Å². The van der Waals surface area contributed by atoms with Gasteiger partial charge in [0.15, 0.2) is 0 Å². The molecule has 0 aromatic heterocycles. The second-order valence-electron chi connectivity index (χ2n) is 6.36. The summed E-state index contributed by atoms with van der Waals surface area (Å²) >= 11 is 0. The molecule has 1 unspecified atom stereocenters. The van der Waals surface area contributed by atoms with E-state index in [4.69, 9.17) is 9.84 Å². The van der Waals surface area contributed by atoms with Crippen LogP contribution in [0.5, 0.6) is 5.75 Å². The molecule has 0 aliphatic rings. The molecule has 0 aliphatic heterocycles. The van der Waals surface area contributed by atoms with Crippen molar-refractivity contribution in [3.05, 3.63) is 65.2 Å². The van der Waals surface area contributed by atoms with Gasteiger partial charge in [-0.3, -0.25) is 0 Å². The summed E-state index contributed by atoms with van der Waals surface area (Å²) in [5.41, 5.74) is 2.66. The van der Waals surface area contributed by atoms with Crippen LogP contribution in [0.15, 0.2) is 48.5 Å². The largest absolute Gasteiger partial charge is 0.497 e. The quantitative estimate of drug-likeness (QED) is 0.803. The Morgan fingerprint density at radius 1 is 1.17 bits per heavy atom. The molecule has 0 heterocycles. The van der Waals surface area contributed by atoms with E-state index in [0.29, 0.717) is 11.5 Å². The van der Waals surface area contributed by atoms with Crippen LogP contribution in [0.1, 0.15) is 28.4 Å². The van der Waals surface area contributed by atoms with Crippen LogP contribution in [0, 0.1) is 5.92 Å². The Labute approximate surface area is 143 Å². The standard InChI is InChI=1S/C20H25NO3/c1-15(11-16-7-9-19(24-3)10-8-16)13-21(2)14-17-5-4-6-18(12-17)20(22)23/h4-10,12,15H,11,13-14H2,1-3H3,(H,22,23). The molecule has 0 fully saturated rings. The van der Waals surface area contributed by atoms with Crippen LogP contribution in [-0.4, -0.2) is 36.7 Å². The minimum atomic E-state index is -0.882. The minimum absolute atomic E-state index is 0.340. The van der Waals surface area contributed by atoms with Crippen LogP contribution in [0.25, 0.3) is 0 Å². The molecule has 0 saturated carbocycles. The lowest BCUT2D eigenvalue weighted by Crippen LogP contribution is -2.25. The first-order valence-electron chi connectivity index (χ1n) is 8.11. The Morgan fingerprint density at radius 2 is 1.88 bits per heavy atom. The number of nitrogens with zero attached hydrogens (tertiary/aromatic N) is 1. The zero-order chi connectivity index (χ0) is 17.5. The summed E-state index contributed by atoms with van der Waals surface area (Å²) in [4.78, 5) is 13.3. The molecule has 0 aliphatic carbocycles. The van der Waals surface area contributed by atoms with Gasteiger partial charge in [-0.1, -0.05) is 31.2 Å². The highest BCUT2D eigenvalue weighted by atomic mass is 16.5. The maximum Gasteiger partial charge on any atom is 0.335 e. The number of aromatic carboxylic acids is 1. The van der Waals surface area contributed by atoms with Crippen molar-refractivity contribution in [2.75, 3.05) is 20.7 Å². The lowest BCUT2D eigenvalue weighted by atomic mass is 10.0. The van der Waals surface area contributed by atoms with E-state index in [0.717, 1.165) is 30.8 Å². The minimum Gasteiger partial charge on any atom is -0.497 e. The topological polar surface area (TPSA) is 49.8 Å². The fraction of sp³-hybridized carbons (Fsp3) is 0.350. The molecule has 1 N–H and O–H groups in total. The summed E-state index contributed by atoms with van der Waals surface area (Å²) in [7, 11) is 3.74. The van der Waals surface area contributed by atoms with E-state index < -0.39 is 5.97 Å². The Bertz CT molecular complexity index is 667. The fourth-order valence-corrected chi connectivity index (χ4v) is 2.94. The van der Waals surface area contributed by atoms with E-state index in [2.05, 4.69) is 31.0 Å². The molecule has 0 saturated heterocycles. The van der Waals surface area contributed by atoms with Crippen molar-refractivity contribution >= 4 is 5.97 Å². The lowest BCUT2D eigenvalue weighted by molar-refractivity contribution is 0.0696. The average Bonchev–Trinajstić information content (AvgIpc) is 2.55. The molecule has 24 heavy (non-hydrogen) atoms. The smallest absolute Gasteiger partial charge is 0.335 e.